The number of alkyl carbamates (subject to hydrolysis) is 1. The number of aryl methyl sites for hydroxylation is 1. The molecule has 0 saturated carbocycles. The maximum absolute atomic E-state index is 11.6. The highest BCUT2D eigenvalue weighted by Crippen LogP contribution is 2.23. The van der Waals surface area contributed by atoms with E-state index in [1.165, 1.54) is 0 Å². The van der Waals surface area contributed by atoms with Crippen molar-refractivity contribution in [3.05, 3.63) is 34.3 Å². The first kappa shape index (κ1) is 15.5. The van der Waals surface area contributed by atoms with Crippen LogP contribution >= 0.6 is 11.6 Å². The third-order valence-corrected chi connectivity index (χ3v) is 2.63. The number of amides is 1. The van der Waals surface area contributed by atoms with Gasteiger partial charge in [0.05, 0.1) is 0 Å². The molecule has 19 heavy (non-hydrogen) atoms. The molecule has 1 atom stereocenters. The molecule has 1 aromatic rings. The number of aldehydes is 1. The SMILES string of the molecule is Cc1ccc(C(C=O)NC(=O)OC(C)(C)C)c(Cl)c1. The van der Waals surface area contributed by atoms with Gasteiger partial charge in [-0.2, -0.15) is 0 Å². The summed E-state index contributed by atoms with van der Waals surface area (Å²) in [6.07, 6.45) is -0.0262. The van der Waals surface area contributed by atoms with Crippen molar-refractivity contribution in [1.82, 2.24) is 5.32 Å². The van der Waals surface area contributed by atoms with Crippen molar-refractivity contribution in [2.24, 2.45) is 0 Å². The van der Waals surface area contributed by atoms with Crippen LogP contribution in [0.2, 0.25) is 5.02 Å². The van der Waals surface area contributed by atoms with E-state index in [4.69, 9.17) is 16.3 Å². The van der Waals surface area contributed by atoms with E-state index in [0.29, 0.717) is 16.9 Å². The topological polar surface area (TPSA) is 55.4 Å². The molecule has 0 aliphatic rings. The third kappa shape index (κ3) is 4.91. The van der Waals surface area contributed by atoms with Gasteiger partial charge in [-0.3, -0.25) is 0 Å². The normalized spacial score (nSPS) is 12.7. The molecule has 104 valence electrons. The molecule has 0 aromatic heterocycles. The monoisotopic (exact) mass is 283 g/mol. The first-order chi connectivity index (χ1) is 8.73. The number of carbonyl (C=O) groups excluding carboxylic acids is 2. The quantitative estimate of drug-likeness (QED) is 0.865. The van der Waals surface area contributed by atoms with Crippen molar-refractivity contribution in [3.8, 4) is 0 Å². The number of rotatable bonds is 3. The minimum Gasteiger partial charge on any atom is -0.444 e. The van der Waals surface area contributed by atoms with Gasteiger partial charge in [0.25, 0.3) is 0 Å². The van der Waals surface area contributed by atoms with Gasteiger partial charge in [0.15, 0.2) is 0 Å². The Morgan fingerprint density at radius 3 is 2.53 bits per heavy atom. The second kappa shape index (κ2) is 6.06. The average molecular weight is 284 g/mol. The van der Waals surface area contributed by atoms with E-state index < -0.39 is 17.7 Å². The number of benzene rings is 1. The van der Waals surface area contributed by atoms with Gasteiger partial charge < -0.3 is 14.8 Å². The molecule has 4 nitrogen and oxygen atoms in total. The number of nitrogens with one attached hydrogen (secondary N) is 1. The molecular formula is C14H18ClNO3. The second-order valence-electron chi connectivity index (χ2n) is 5.28. The van der Waals surface area contributed by atoms with E-state index in [0.717, 1.165) is 5.56 Å². The maximum Gasteiger partial charge on any atom is 0.408 e. The fourth-order valence-corrected chi connectivity index (χ4v) is 1.86. The van der Waals surface area contributed by atoms with E-state index >= 15 is 0 Å². The Morgan fingerprint density at radius 1 is 1.42 bits per heavy atom. The summed E-state index contributed by atoms with van der Waals surface area (Å²) in [4.78, 5) is 22.8. The third-order valence-electron chi connectivity index (χ3n) is 2.30. The lowest BCUT2D eigenvalue weighted by Crippen LogP contribution is -2.35. The van der Waals surface area contributed by atoms with Crippen LogP contribution in [0.1, 0.15) is 37.9 Å². The fourth-order valence-electron chi connectivity index (χ4n) is 1.50. The molecular weight excluding hydrogens is 266 g/mol. The van der Waals surface area contributed by atoms with Crippen LogP contribution in [0, 0.1) is 6.92 Å². The van der Waals surface area contributed by atoms with Gasteiger partial charge in [0, 0.05) is 10.6 Å². The summed E-state index contributed by atoms with van der Waals surface area (Å²) in [7, 11) is 0. The highest BCUT2D eigenvalue weighted by molar-refractivity contribution is 6.31. The molecule has 0 fully saturated rings. The molecule has 0 radical (unpaired) electrons. The van der Waals surface area contributed by atoms with Crippen LogP contribution in [-0.2, 0) is 9.53 Å². The molecule has 0 spiro atoms. The summed E-state index contributed by atoms with van der Waals surface area (Å²) in [6.45, 7) is 7.15. The number of ether oxygens (including phenoxy) is 1. The second-order valence-corrected chi connectivity index (χ2v) is 5.69. The first-order valence-corrected chi connectivity index (χ1v) is 6.31. The van der Waals surface area contributed by atoms with Crippen molar-refractivity contribution >= 4 is 24.0 Å². The maximum atomic E-state index is 11.6. The fraction of sp³-hybridized carbons (Fsp3) is 0.429. The Kier molecular flexibility index (Phi) is 4.95. The van der Waals surface area contributed by atoms with Crippen LogP contribution in [0.15, 0.2) is 18.2 Å². The zero-order valence-corrected chi connectivity index (χ0v) is 12.2. The Balaban J connectivity index is 2.84. The molecule has 0 aliphatic heterocycles. The molecule has 1 unspecified atom stereocenters. The van der Waals surface area contributed by atoms with Gasteiger partial charge in [0.2, 0.25) is 0 Å². The van der Waals surface area contributed by atoms with Crippen molar-refractivity contribution in [2.45, 2.75) is 39.3 Å². The van der Waals surface area contributed by atoms with Gasteiger partial charge >= 0.3 is 6.09 Å². The predicted octanol–water partition coefficient (Wildman–Crippen LogP) is 3.41. The number of halogens is 1. The molecule has 1 rings (SSSR count). The van der Waals surface area contributed by atoms with Crippen LogP contribution < -0.4 is 5.32 Å². The van der Waals surface area contributed by atoms with Crippen LogP contribution in [0.3, 0.4) is 0 Å². The van der Waals surface area contributed by atoms with Crippen molar-refractivity contribution in [2.75, 3.05) is 0 Å². The molecule has 5 heteroatoms. The number of hydrogen-bond acceptors (Lipinski definition) is 3. The largest absolute Gasteiger partial charge is 0.444 e. The summed E-state index contributed by atoms with van der Waals surface area (Å²) in [5, 5.41) is 2.92. The molecule has 0 heterocycles. The Bertz CT molecular complexity index is 480. The summed E-state index contributed by atoms with van der Waals surface area (Å²) in [5.41, 5.74) is 0.915. The average Bonchev–Trinajstić information content (AvgIpc) is 2.24. The Hall–Kier alpha value is -1.55. The zero-order chi connectivity index (χ0) is 14.6. The van der Waals surface area contributed by atoms with Gasteiger partial charge in [-0.25, -0.2) is 4.79 Å². The smallest absolute Gasteiger partial charge is 0.408 e. The standard InChI is InChI=1S/C14H18ClNO3/c1-9-5-6-10(11(15)7-9)12(8-17)16-13(18)19-14(2,3)4/h5-8,12H,1-4H3,(H,16,18). The van der Waals surface area contributed by atoms with Crippen molar-refractivity contribution in [3.63, 3.8) is 0 Å². The van der Waals surface area contributed by atoms with Crippen LogP contribution in [-0.4, -0.2) is 18.0 Å². The lowest BCUT2D eigenvalue weighted by Gasteiger charge is -2.22. The van der Waals surface area contributed by atoms with Crippen LogP contribution in [0.25, 0.3) is 0 Å². The number of hydrogen-bond donors (Lipinski definition) is 1. The minimum atomic E-state index is -0.817. The van der Waals surface area contributed by atoms with Gasteiger partial charge in [0.1, 0.15) is 17.9 Å². The van der Waals surface area contributed by atoms with E-state index in [9.17, 15) is 9.59 Å². The van der Waals surface area contributed by atoms with Gasteiger partial charge in [-0.15, -0.1) is 0 Å². The predicted molar refractivity (Wildman–Crippen MR) is 74.4 cm³/mol. The summed E-state index contributed by atoms with van der Waals surface area (Å²) < 4.78 is 5.10. The van der Waals surface area contributed by atoms with Crippen LogP contribution in [0.4, 0.5) is 4.79 Å². The first-order valence-electron chi connectivity index (χ1n) is 5.94. The molecule has 1 N–H and O–H groups in total. The highest BCUT2D eigenvalue weighted by Gasteiger charge is 2.21. The van der Waals surface area contributed by atoms with E-state index in [2.05, 4.69) is 5.32 Å². The summed E-state index contributed by atoms with van der Waals surface area (Å²) >= 11 is 6.07. The van der Waals surface area contributed by atoms with E-state index in [1.54, 1.807) is 32.9 Å². The van der Waals surface area contributed by atoms with E-state index in [1.807, 2.05) is 13.0 Å². The van der Waals surface area contributed by atoms with Crippen LogP contribution in [0.5, 0.6) is 0 Å². The lowest BCUT2D eigenvalue weighted by molar-refractivity contribution is -0.109. The number of carbonyl (C=O) groups is 2. The molecule has 0 aliphatic carbocycles. The lowest BCUT2D eigenvalue weighted by atomic mass is 10.1. The molecule has 1 amide bonds. The highest BCUT2D eigenvalue weighted by atomic mass is 35.5. The molecule has 1 aromatic carbocycles. The molecule has 0 bridgehead atoms. The van der Waals surface area contributed by atoms with Crippen molar-refractivity contribution < 1.29 is 14.3 Å². The van der Waals surface area contributed by atoms with E-state index in [-0.39, 0.29) is 0 Å². The molecule has 0 saturated heterocycles. The summed E-state index contributed by atoms with van der Waals surface area (Å²) in [6, 6.07) is 4.47. The Labute approximate surface area is 118 Å². The van der Waals surface area contributed by atoms with Gasteiger partial charge in [-0.05, 0) is 39.3 Å². The van der Waals surface area contributed by atoms with Crippen molar-refractivity contribution in [1.29, 1.82) is 0 Å². The minimum absolute atomic E-state index is 0.438. The zero-order valence-electron chi connectivity index (χ0n) is 11.5. The summed E-state index contributed by atoms with van der Waals surface area (Å²) in [5.74, 6) is 0. The van der Waals surface area contributed by atoms with Gasteiger partial charge in [-0.1, -0.05) is 23.7 Å². The Morgan fingerprint density at radius 2 is 2.05 bits per heavy atom.